The third-order valence-corrected chi connectivity index (χ3v) is 5.99. The van der Waals surface area contributed by atoms with Crippen molar-refractivity contribution in [2.75, 3.05) is 45.5 Å². The average molecular weight is 651 g/mol. The molecule has 0 saturated carbocycles. The summed E-state index contributed by atoms with van der Waals surface area (Å²) in [6, 6.07) is 8.58. The topological polar surface area (TPSA) is 121 Å². The maximum absolute atomic E-state index is 15.0. The Morgan fingerprint density at radius 3 is 2.49 bits per heavy atom. The second-order valence-corrected chi connectivity index (χ2v) is 9.76. The lowest BCUT2D eigenvalue weighted by molar-refractivity contribution is 0.102. The number of rotatable bonds is 10. The molecule has 0 fully saturated rings. The molecule has 39 heavy (non-hydrogen) atoms. The van der Waals surface area contributed by atoms with Crippen molar-refractivity contribution < 1.29 is 32.5 Å². The van der Waals surface area contributed by atoms with Crippen LogP contribution in [0, 0.1) is 11.6 Å². The molecule has 2 heterocycles. The van der Waals surface area contributed by atoms with Crippen LogP contribution in [0.15, 0.2) is 48.8 Å². The molecule has 0 aliphatic rings. The van der Waals surface area contributed by atoms with Crippen LogP contribution in [0.1, 0.15) is 10.4 Å². The SMILES string of the molecule is COc1cc2c(Oc3ccc(NC(=O)c4cnc(N)cc4OC)c(F)c3F)ccnc2cc1OCCN(C)I. The van der Waals surface area contributed by atoms with Crippen molar-refractivity contribution in [3.8, 4) is 28.7 Å². The number of fused-ring (bicyclic) bond motifs is 1. The number of nitrogens with one attached hydrogen (secondary N) is 1. The number of likely N-dealkylation sites (N-methyl/N-ethyl adjacent to an activating group) is 1. The summed E-state index contributed by atoms with van der Waals surface area (Å²) in [5, 5.41) is 2.81. The number of nitrogens with zero attached hydrogens (tertiary/aromatic N) is 3. The Morgan fingerprint density at radius 1 is 1.00 bits per heavy atom. The van der Waals surface area contributed by atoms with Crippen LogP contribution >= 0.6 is 22.9 Å². The fourth-order valence-corrected chi connectivity index (χ4v) is 3.77. The summed E-state index contributed by atoms with van der Waals surface area (Å²) in [4.78, 5) is 20.8. The minimum atomic E-state index is -1.31. The normalized spacial score (nSPS) is 10.9. The fourth-order valence-electron chi connectivity index (χ4n) is 3.58. The molecule has 1 amide bonds. The fraction of sp³-hybridized carbons (Fsp3) is 0.192. The van der Waals surface area contributed by atoms with Gasteiger partial charge >= 0.3 is 0 Å². The molecule has 0 aliphatic carbocycles. The highest BCUT2D eigenvalue weighted by Crippen LogP contribution is 2.38. The highest BCUT2D eigenvalue weighted by molar-refractivity contribution is 14.1. The van der Waals surface area contributed by atoms with Gasteiger partial charge < -0.3 is 30.0 Å². The molecule has 0 bridgehead atoms. The van der Waals surface area contributed by atoms with Crippen LogP contribution in [-0.2, 0) is 0 Å². The number of amides is 1. The van der Waals surface area contributed by atoms with Crippen molar-refractivity contribution in [3.63, 3.8) is 0 Å². The summed E-state index contributed by atoms with van der Waals surface area (Å²) >= 11 is 2.15. The van der Waals surface area contributed by atoms with Gasteiger partial charge in [0.25, 0.3) is 5.91 Å². The first-order chi connectivity index (χ1) is 18.7. The number of carbonyl (C=O) groups is 1. The molecule has 4 rings (SSSR count). The molecule has 0 radical (unpaired) electrons. The molecule has 2 aromatic heterocycles. The first kappa shape index (κ1) is 28.0. The predicted octanol–water partition coefficient (Wildman–Crippen LogP) is 5.21. The second-order valence-electron chi connectivity index (χ2n) is 8.11. The molecule has 3 N–H and O–H groups in total. The molecule has 0 atom stereocenters. The first-order valence-corrected chi connectivity index (χ1v) is 12.4. The van der Waals surface area contributed by atoms with Crippen molar-refractivity contribution in [3.05, 3.63) is 66.0 Å². The smallest absolute Gasteiger partial charge is 0.261 e. The second kappa shape index (κ2) is 12.3. The Morgan fingerprint density at radius 2 is 1.77 bits per heavy atom. The summed E-state index contributed by atoms with van der Waals surface area (Å²) < 4.78 is 54.1. The molecular weight excluding hydrogens is 627 g/mol. The van der Waals surface area contributed by atoms with Gasteiger partial charge in [-0.2, -0.15) is 4.39 Å². The van der Waals surface area contributed by atoms with Crippen molar-refractivity contribution >= 4 is 51.2 Å². The molecule has 13 heteroatoms. The van der Waals surface area contributed by atoms with Crippen LogP contribution in [0.5, 0.6) is 28.7 Å². The van der Waals surface area contributed by atoms with E-state index in [1.54, 1.807) is 12.1 Å². The van der Waals surface area contributed by atoms with Gasteiger partial charge in [-0.05, 0) is 31.3 Å². The number of ether oxygens (including phenoxy) is 4. The number of nitrogens with two attached hydrogens (primary N) is 1. The summed E-state index contributed by atoms with van der Waals surface area (Å²) in [6.07, 6.45) is 2.65. The first-order valence-electron chi connectivity index (χ1n) is 11.4. The number of halogens is 3. The molecule has 0 saturated heterocycles. The minimum Gasteiger partial charge on any atom is -0.496 e. The summed E-state index contributed by atoms with van der Waals surface area (Å²) in [6.45, 7) is 1.11. The van der Waals surface area contributed by atoms with Gasteiger partial charge in [-0.25, -0.2) is 12.5 Å². The standard InChI is InChI=1S/C26H24F2IN5O5/c1-34(29)8-9-38-22-11-17-14(10-21(22)37-3)18(6-7-31-17)39-19-5-4-16(24(27)25(19)28)33-26(35)15-13-32-23(30)12-20(15)36-2/h4-7,10-13H,8-9H2,1-3H3,(H2,30,32)(H,33,35). The maximum atomic E-state index is 15.0. The predicted molar refractivity (Wildman–Crippen MR) is 150 cm³/mol. The van der Waals surface area contributed by atoms with Gasteiger partial charge in [-0.1, -0.05) is 0 Å². The van der Waals surface area contributed by atoms with Crippen molar-refractivity contribution in [2.24, 2.45) is 0 Å². The average Bonchev–Trinajstić information content (AvgIpc) is 2.92. The van der Waals surface area contributed by atoms with E-state index >= 15 is 4.39 Å². The van der Waals surface area contributed by atoms with E-state index in [0.717, 1.165) is 0 Å². The maximum Gasteiger partial charge on any atom is 0.261 e. The Labute approximate surface area is 236 Å². The number of carbonyl (C=O) groups excluding carboxylic acids is 1. The van der Waals surface area contributed by atoms with Gasteiger partial charge in [0.05, 0.1) is 25.4 Å². The molecule has 2 aromatic carbocycles. The van der Waals surface area contributed by atoms with Crippen molar-refractivity contribution in [1.82, 2.24) is 13.1 Å². The molecular formula is C26H24F2IN5O5. The number of anilines is 2. The summed E-state index contributed by atoms with van der Waals surface area (Å²) in [7, 11) is 4.76. The summed E-state index contributed by atoms with van der Waals surface area (Å²) in [5.41, 5.74) is 5.70. The number of aromatic nitrogens is 2. The molecule has 4 aromatic rings. The molecule has 0 aliphatic heterocycles. The van der Waals surface area contributed by atoms with E-state index < -0.39 is 29.0 Å². The van der Waals surface area contributed by atoms with E-state index in [1.807, 2.05) is 10.2 Å². The van der Waals surface area contributed by atoms with Crippen LogP contribution in [-0.4, -0.2) is 53.4 Å². The van der Waals surface area contributed by atoms with Crippen molar-refractivity contribution in [2.45, 2.75) is 0 Å². The molecule has 0 unspecified atom stereocenters. The quantitative estimate of drug-likeness (QED) is 0.176. The van der Waals surface area contributed by atoms with E-state index in [1.165, 1.54) is 50.9 Å². The minimum absolute atomic E-state index is 0.00583. The van der Waals surface area contributed by atoms with Gasteiger partial charge in [-0.15, -0.1) is 0 Å². The molecule has 0 spiro atoms. The van der Waals surface area contributed by atoms with E-state index in [4.69, 9.17) is 24.7 Å². The lowest BCUT2D eigenvalue weighted by Crippen LogP contribution is -2.15. The Bertz CT molecular complexity index is 1520. The zero-order valence-corrected chi connectivity index (χ0v) is 23.3. The Hall–Kier alpha value is -3.98. The van der Waals surface area contributed by atoms with Crippen LogP contribution < -0.4 is 30.0 Å². The third-order valence-electron chi connectivity index (χ3n) is 5.51. The molecule has 204 valence electrons. The Balaban J connectivity index is 1.59. The van der Waals surface area contributed by atoms with E-state index in [2.05, 4.69) is 38.1 Å². The van der Waals surface area contributed by atoms with E-state index in [0.29, 0.717) is 35.6 Å². The van der Waals surface area contributed by atoms with Gasteiger partial charge in [0.15, 0.2) is 23.1 Å². The highest BCUT2D eigenvalue weighted by atomic mass is 127. The Kier molecular flexibility index (Phi) is 8.81. The van der Waals surface area contributed by atoms with Gasteiger partial charge in [-0.3, -0.25) is 9.78 Å². The lowest BCUT2D eigenvalue weighted by atomic mass is 10.1. The monoisotopic (exact) mass is 651 g/mol. The third kappa shape index (κ3) is 6.37. The van der Waals surface area contributed by atoms with Gasteiger partial charge in [0.1, 0.15) is 29.5 Å². The van der Waals surface area contributed by atoms with Crippen LogP contribution in [0.25, 0.3) is 10.9 Å². The summed E-state index contributed by atoms with van der Waals surface area (Å²) in [5.74, 6) is -2.37. The zero-order valence-electron chi connectivity index (χ0n) is 21.1. The number of methoxy groups -OCH3 is 2. The van der Waals surface area contributed by atoms with Crippen molar-refractivity contribution in [1.29, 1.82) is 0 Å². The number of nitrogen functional groups attached to an aromatic ring is 1. The number of benzene rings is 2. The van der Waals surface area contributed by atoms with Gasteiger partial charge in [0, 0.05) is 59.3 Å². The lowest BCUT2D eigenvalue weighted by Gasteiger charge is -2.15. The highest BCUT2D eigenvalue weighted by Gasteiger charge is 2.21. The van der Waals surface area contributed by atoms with E-state index in [9.17, 15) is 9.18 Å². The molecule has 10 nitrogen and oxygen atoms in total. The zero-order chi connectivity index (χ0) is 28.1. The van der Waals surface area contributed by atoms with Gasteiger partial charge in [0.2, 0.25) is 5.82 Å². The van der Waals surface area contributed by atoms with E-state index in [-0.39, 0.29) is 22.9 Å². The van der Waals surface area contributed by atoms with Crippen LogP contribution in [0.2, 0.25) is 0 Å². The number of pyridine rings is 2. The van der Waals surface area contributed by atoms with Crippen LogP contribution in [0.3, 0.4) is 0 Å². The van der Waals surface area contributed by atoms with Crippen LogP contribution in [0.4, 0.5) is 20.3 Å². The number of hydrogen-bond acceptors (Lipinski definition) is 9. The largest absolute Gasteiger partial charge is 0.496 e. The number of hydrogen-bond donors (Lipinski definition) is 2.